The molecule has 2 aromatic rings. The van der Waals surface area contributed by atoms with Gasteiger partial charge in [0.05, 0.1) is 5.69 Å². The quantitative estimate of drug-likeness (QED) is 0.666. The summed E-state index contributed by atoms with van der Waals surface area (Å²) in [5, 5.41) is 17.8. The van der Waals surface area contributed by atoms with E-state index in [0.29, 0.717) is 11.4 Å². The van der Waals surface area contributed by atoms with Gasteiger partial charge in [-0.1, -0.05) is 47.1 Å². The fourth-order valence-corrected chi connectivity index (χ4v) is 1.85. The van der Waals surface area contributed by atoms with Crippen molar-refractivity contribution in [2.24, 2.45) is 5.10 Å². The van der Waals surface area contributed by atoms with Gasteiger partial charge in [-0.3, -0.25) is 0 Å². The SMILES string of the molecule is O=[N+]([O-])C1=NN(c2ccccc2)NN1c1ccccc1. The van der Waals surface area contributed by atoms with Crippen molar-refractivity contribution >= 4 is 17.3 Å². The van der Waals surface area contributed by atoms with Gasteiger partial charge < -0.3 is 10.1 Å². The summed E-state index contributed by atoms with van der Waals surface area (Å²) >= 11 is 0. The first-order chi connectivity index (χ1) is 9.75. The number of guanidine groups is 1. The first-order valence-corrected chi connectivity index (χ1v) is 5.95. The van der Waals surface area contributed by atoms with Crippen LogP contribution in [0, 0.1) is 10.1 Å². The van der Waals surface area contributed by atoms with Crippen LogP contribution in [0.25, 0.3) is 0 Å². The lowest BCUT2D eigenvalue weighted by molar-refractivity contribution is -0.352. The first-order valence-electron chi connectivity index (χ1n) is 5.95. The van der Waals surface area contributed by atoms with Crippen molar-refractivity contribution in [1.29, 1.82) is 0 Å². The molecule has 100 valence electrons. The Morgan fingerprint density at radius 3 is 2.05 bits per heavy atom. The van der Waals surface area contributed by atoms with Crippen LogP contribution in [0.5, 0.6) is 0 Å². The van der Waals surface area contributed by atoms with Crippen LogP contribution in [-0.4, -0.2) is 10.9 Å². The topological polar surface area (TPSA) is 74.0 Å². The number of hydrogen-bond acceptors (Lipinski definition) is 6. The van der Waals surface area contributed by atoms with Crippen molar-refractivity contribution in [2.45, 2.75) is 0 Å². The highest BCUT2D eigenvalue weighted by atomic mass is 16.6. The summed E-state index contributed by atoms with van der Waals surface area (Å²) in [4.78, 5) is 10.6. The fraction of sp³-hybridized carbons (Fsp3) is 0. The molecule has 0 fully saturated rings. The Kier molecular flexibility index (Phi) is 3.02. The summed E-state index contributed by atoms with van der Waals surface area (Å²) in [7, 11) is 0. The number of nitrogens with zero attached hydrogens (tertiary/aromatic N) is 4. The van der Waals surface area contributed by atoms with Crippen molar-refractivity contribution in [3.05, 3.63) is 70.8 Å². The molecule has 1 N–H and O–H groups in total. The first kappa shape index (κ1) is 12.1. The fourth-order valence-electron chi connectivity index (χ4n) is 1.85. The molecular formula is C13H11N5O2. The van der Waals surface area contributed by atoms with Crippen LogP contribution in [0.2, 0.25) is 0 Å². The van der Waals surface area contributed by atoms with Crippen molar-refractivity contribution in [3.63, 3.8) is 0 Å². The number of hydrazone groups is 1. The maximum atomic E-state index is 11.1. The molecule has 0 spiro atoms. The van der Waals surface area contributed by atoms with E-state index < -0.39 is 4.92 Å². The van der Waals surface area contributed by atoms with E-state index in [1.807, 2.05) is 36.4 Å². The Morgan fingerprint density at radius 1 is 0.950 bits per heavy atom. The highest BCUT2D eigenvalue weighted by Crippen LogP contribution is 2.20. The minimum absolute atomic E-state index is 0.278. The second kappa shape index (κ2) is 4.98. The molecule has 0 radical (unpaired) electrons. The Bertz CT molecular complexity index is 644. The van der Waals surface area contributed by atoms with Gasteiger partial charge in [0.25, 0.3) is 0 Å². The van der Waals surface area contributed by atoms with Gasteiger partial charge >= 0.3 is 5.96 Å². The molecule has 0 atom stereocenters. The van der Waals surface area contributed by atoms with Crippen LogP contribution in [0.15, 0.2) is 65.8 Å². The van der Waals surface area contributed by atoms with E-state index >= 15 is 0 Å². The molecule has 20 heavy (non-hydrogen) atoms. The maximum Gasteiger partial charge on any atom is 0.476 e. The zero-order valence-electron chi connectivity index (χ0n) is 10.4. The second-order valence-electron chi connectivity index (χ2n) is 4.08. The van der Waals surface area contributed by atoms with E-state index in [0.717, 1.165) is 0 Å². The van der Waals surface area contributed by atoms with Crippen LogP contribution in [-0.2, 0) is 0 Å². The number of benzene rings is 2. The molecule has 7 nitrogen and oxygen atoms in total. The van der Waals surface area contributed by atoms with Gasteiger partial charge in [0.15, 0.2) is 0 Å². The summed E-state index contributed by atoms with van der Waals surface area (Å²) in [5.41, 5.74) is 4.23. The van der Waals surface area contributed by atoms with E-state index in [-0.39, 0.29) is 5.96 Å². The Balaban J connectivity index is 1.95. The molecule has 0 amide bonds. The molecule has 0 aromatic heterocycles. The highest BCUT2D eigenvalue weighted by molar-refractivity contribution is 5.91. The van der Waals surface area contributed by atoms with Gasteiger partial charge in [0.1, 0.15) is 5.69 Å². The zero-order valence-corrected chi connectivity index (χ0v) is 10.4. The lowest BCUT2D eigenvalue weighted by Gasteiger charge is -2.14. The number of anilines is 2. The maximum absolute atomic E-state index is 11.1. The molecule has 3 rings (SSSR count). The lowest BCUT2D eigenvalue weighted by atomic mass is 10.3. The standard InChI is InChI=1S/C13H11N5O2/c19-18(20)13-14-17(12-9-5-2-6-10-12)15-16(13)11-7-3-1-4-8-11/h1-10,15H. The number of rotatable bonds is 2. The minimum Gasteiger partial charge on any atom is -0.390 e. The normalized spacial score (nSPS) is 14.3. The summed E-state index contributed by atoms with van der Waals surface area (Å²) in [6.45, 7) is 0. The molecule has 7 heteroatoms. The predicted octanol–water partition coefficient (Wildman–Crippen LogP) is 1.98. The van der Waals surface area contributed by atoms with Crippen molar-refractivity contribution in [1.82, 2.24) is 5.53 Å². The third-order valence-corrected chi connectivity index (χ3v) is 2.76. The Hall–Kier alpha value is -2.93. The molecule has 0 aliphatic carbocycles. The molecular weight excluding hydrogens is 258 g/mol. The highest BCUT2D eigenvalue weighted by Gasteiger charge is 2.36. The van der Waals surface area contributed by atoms with Gasteiger partial charge in [0, 0.05) is 5.10 Å². The number of hydrazine groups is 2. The van der Waals surface area contributed by atoms with E-state index in [1.165, 1.54) is 10.1 Å². The third-order valence-electron chi connectivity index (χ3n) is 2.76. The van der Waals surface area contributed by atoms with E-state index in [2.05, 4.69) is 10.6 Å². The Labute approximate surface area is 114 Å². The van der Waals surface area contributed by atoms with Crippen LogP contribution in [0.3, 0.4) is 0 Å². The summed E-state index contributed by atoms with van der Waals surface area (Å²) in [6, 6.07) is 18.1. The summed E-state index contributed by atoms with van der Waals surface area (Å²) in [5.74, 6) is -0.278. The van der Waals surface area contributed by atoms with Crippen LogP contribution < -0.4 is 15.7 Å². The molecule has 0 saturated heterocycles. The van der Waals surface area contributed by atoms with Gasteiger partial charge in [-0.15, -0.1) is 5.01 Å². The second-order valence-corrected chi connectivity index (χ2v) is 4.08. The third kappa shape index (κ3) is 2.17. The van der Waals surface area contributed by atoms with Gasteiger partial charge in [0.2, 0.25) is 0 Å². The molecule has 1 aliphatic rings. The van der Waals surface area contributed by atoms with E-state index in [4.69, 9.17) is 0 Å². The number of hydrogen-bond donors (Lipinski definition) is 1. The van der Waals surface area contributed by atoms with Gasteiger partial charge in [-0.2, -0.15) is 0 Å². The Morgan fingerprint density at radius 2 is 1.50 bits per heavy atom. The summed E-state index contributed by atoms with van der Waals surface area (Å²) in [6.07, 6.45) is 0. The van der Waals surface area contributed by atoms with Crippen molar-refractivity contribution < 1.29 is 4.92 Å². The predicted molar refractivity (Wildman–Crippen MR) is 75.4 cm³/mol. The van der Waals surface area contributed by atoms with Crippen molar-refractivity contribution in [3.8, 4) is 0 Å². The molecule has 0 saturated carbocycles. The van der Waals surface area contributed by atoms with Crippen molar-refractivity contribution in [2.75, 3.05) is 10.1 Å². The zero-order chi connectivity index (χ0) is 13.9. The molecule has 1 heterocycles. The van der Waals surface area contributed by atoms with Gasteiger partial charge in [-0.25, -0.2) is 0 Å². The number of nitro groups is 1. The average molecular weight is 269 g/mol. The molecule has 0 bridgehead atoms. The molecule has 0 unspecified atom stereocenters. The van der Waals surface area contributed by atoms with Crippen LogP contribution in [0.1, 0.15) is 0 Å². The van der Waals surface area contributed by atoms with Crippen LogP contribution >= 0.6 is 0 Å². The van der Waals surface area contributed by atoms with Crippen LogP contribution in [0.4, 0.5) is 11.4 Å². The average Bonchev–Trinajstić information content (AvgIpc) is 2.94. The number of nitrogens with one attached hydrogen (secondary N) is 1. The lowest BCUT2D eigenvalue weighted by Crippen LogP contribution is -2.45. The van der Waals surface area contributed by atoms with E-state index in [1.54, 1.807) is 24.3 Å². The van der Waals surface area contributed by atoms with Gasteiger partial charge in [-0.05, 0) is 29.2 Å². The largest absolute Gasteiger partial charge is 0.476 e. The van der Waals surface area contributed by atoms with E-state index in [9.17, 15) is 10.1 Å². The molecule has 2 aromatic carbocycles. The minimum atomic E-state index is -0.525. The smallest absolute Gasteiger partial charge is 0.390 e. The molecule has 1 aliphatic heterocycles. The number of para-hydroxylation sites is 2. The summed E-state index contributed by atoms with van der Waals surface area (Å²) < 4.78 is 0. The monoisotopic (exact) mass is 269 g/mol.